The zero-order valence-corrected chi connectivity index (χ0v) is 14.6. The lowest BCUT2D eigenvalue weighted by Crippen LogP contribution is -2.51. The molecular formula is C18H28BrNO. The average Bonchev–Trinajstić information content (AvgIpc) is 2.45. The van der Waals surface area contributed by atoms with Crippen LogP contribution < -0.4 is 0 Å². The van der Waals surface area contributed by atoms with Crippen molar-refractivity contribution in [3.05, 3.63) is 0 Å². The van der Waals surface area contributed by atoms with Gasteiger partial charge in [-0.05, 0) is 81.0 Å². The van der Waals surface area contributed by atoms with Crippen molar-refractivity contribution in [3.8, 4) is 0 Å². The van der Waals surface area contributed by atoms with Gasteiger partial charge in [0.05, 0.1) is 0 Å². The highest BCUT2D eigenvalue weighted by Gasteiger charge is 2.51. The van der Waals surface area contributed by atoms with Gasteiger partial charge in [-0.15, -0.1) is 0 Å². The molecule has 1 saturated heterocycles. The summed E-state index contributed by atoms with van der Waals surface area (Å²) in [6.45, 7) is 1.00. The van der Waals surface area contributed by atoms with Crippen LogP contribution in [0.5, 0.6) is 0 Å². The number of rotatable bonds is 3. The Kier molecular flexibility index (Phi) is 3.84. The van der Waals surface area contributed by atoms with Gasteiger partial charge >= 0.3 is 0 Å². The molecule has 0 aromatic heterocycles. The van der Waals surface area contributed by atoms with Crippen LogP contribution in [0, 0.1) is 23.2 Å². The van der Waals surface area contributed by atoms with Gasteiger partial charge in [0.15, 0.2) is 0 Å². The molecule has 1 unspecified atom stereocenters. The Labute approximate surface area is 137 Å². The fraction of sp³-hybridized carbons (Fsp3) is 0.944. The van der Waals surface area contributed by atoms with Crippen LogP contribution in [-0.4, -0.2) is 28.7 Å². The number of halogens is 1. The summed E-state index contributed by atoms with van der Waals surface area (Å²) in [5.41, 5.74) is 0.403. The van der Waals surface area contributed by atoms with Crippen molar-refractivity contribution in [1.82, 2.24) is 4.90 Å². The molecule has 1 amide bonds. The maximum atomic E-state index is 13.0. The van der Waals surface area contributed by atoms with Crippen LogP contribution in [0.15, 0.2) is 0 Å². The number of likely N-dealkylation sites (tertiary alicyclic amines) is 1. The molecule has 0 N–H and O–H groups in total. The predicted molar refractivity (Wildman–Crippen MR) is 88.4 cm³/mol. The highest BCUT2D eigenvalue weighted by Crippen LogP contribution is 2.61. The summed E-state index contributed by atoms with van der Waals surface area (Å²) >= 11 is 3.62. The van der Waals surface area contributed by atoms with Gasteiger partial charge in [0.1, 0.15) is 0 Å². The Hall–Kier alpha value is -0.0500. The first kappa shape index (κ1) is 14.5. The van der Waals surface area contributed by atoms with E-state index in [4.69, 9.17) is 0 Å². The molecule has 2 nitrogen and oxygen atoms in total. The summed E-state index contributed by atoms with van der Waals surface area (Å²) in [5.74, 6) is 3.34. The number of amides is 1. The van der Waals surface area contributed by atoms with Crippen molar-refractivity contribution in [2.45, 2.75) is 70.3 Å². The lowest BCUT2D eigenvalue weighted by molar-refractivity contribution is -0.142. The molecule has 0 radical (unpaired) electrons. The van der Waals surface area contributed by atoms with E-state index in [0.29, 0.717) is 17.4 Å². The van der Waals surface area contributed by atoms with E-state index in [-0.39, 0.29) is 0 Å². The summed E-state index contributed by atoms with van der Waals surface area (Å²) in [6.07, 6.45) is 13.0. The largest absolute Gasteiger partial charge is 0.339 e. The summed E-state index contributed by atoms with van der Waals surface area (Å²) in [6, 6.07) is 0.458. The molecule has 1 aliphatic heterocycles. The van der Waals surface area contributed by atoms with E-state index in [0.717, 1.165) is 36.0 Å². The smallest absolute Gasteiger partial charge is 0.223 e. The minimum atomic E-state index is 0.403. The van der Waals surface area contributed by atoms with Crippen molar-refractivity contribution >= 4 is 21.8 Å². The number of piperidine rings is 1. The molecule has 4 saturated carbocycles. The van der Waals surface area contributed by atoms with Crippen LogP contribution in [0.4, 0.5) is 0 Å². The van der Waals surface area contributed by atoms with E-state index in [1.54, 1.807) is 0 Å². The highest BCUT2D eigenvalue weighted by atomic mass is 79.9. The molecular weight excluding hydrogens is 326 g/mol. The topological polar surface area (TPSA) is 20.3 Å². The highest BCUT2D eigenvalue weighted by molar-refractivity contribution is 9.09. The Morgan fingerprint density at radius 1 is 1.05 bits per heavy atom. The van der Waals surface area contributed by atoms with E-state index in [1.165, 1.54) is 57.8 Å². The monoisotopic (exact) mass is 353 g/mol. The van der Waals surface area contributed by atoms with Crippen molar-refractivity contribution in [2.75, 3.05) is 11.9 Å². The van der Waals surface area contributed by atoms with Crippen LogP contribution in [0.2, 0.25) is 0 Å². The van der Waals surface area contributed by atoms with Gasteiger partial charge in [0, 0.05) is 24.3 Å². The summed E-state index contributed by atoms with van der Waals surface area (Å²) in [7, 11) is 0. The van der Waals surface area contributed by atoms with Gasteiger partial charge < -0.3 is 4.90 Å². The number of carbonyl (C=O) groups excluding carboxylic acids is 1. The molecule has 1 atom stereocenters. The number of carbonyl (C=O) groups is 1. The molecule has 5 rings (SSSR count). The van der Waals surface area contributed by atoms with Crippen LogP contribution in [-0.2, 0) is 4.79 Å². The van der Waals surface area contributed by atoms with Crippen molar-refractivity contribution in [3.63, 3.8) is 0 Å². The first-order valence-electron chi connectivity index (χ1n) is 9.03. The zero-order chi connectivity index (χ0) is 14.4. The Bertz CT molecular complexity index is 386. The molecule has 5 aliphatic rings. The molecule has 0 spiro atoms. The van der Waals surface area contributed by atoms with Gasteiger partial charge in [-0.25, -0.2) is 0 Å². The number of nitrogens with zero attached hydrogens (tertiary/aromatic N) is 1. The normalized spacial score (nSPS) is 45.1. The zero-order valence-electron chi connectivity index (χ0n) is 13.0. The van der Waals surface area contributed by atoms with Crippen LogP contribution in [0.25, 0.3) is 0 Å². The van der Waals surface area contributed by atoms with E-state index in [9.17, 15) is 4.79 Å². The number of alkyl halides is 1. The van der Waals surface area contributed by atoms with Gasteiger partial charge in [-0.1, -0.05) is 15.9 Å². The van der Waals surface area contributed by atoms with Crippen LogP contribution in [0.3, 0.4) is 0 Å². The first-order chi connectivity index (χ1) is 10.2. The summed E-state index contributed by atoms with van der Waals surface area (Å²) in [5, 5.41) is 0.958. The second-order valence-electron chi connectivity index (χ2n) is 8.49. The lowest BCUT2D eigenvalue weighted by atomic mass is 9.49. The summed E-state index contributed by atoms with van der Waals surface area (Å²) < 4.78 is 0. The third kappa shape index (κ3) is 2.68. The van der Waals surface area contributed by atoms with Gasteiger partial charge in [0.25, 0.3) is 0 Å². The maximum absolute atomic E-state index is 13.0. The third-order valence-corrected chi connectivity index (χ3v) is 7.56. The van der Waals surface area contributed by atoms with E-state index in [1.807, 2.05) is 0 Å². The van der Waals surface area contributed by atoms with Crippen LogP contribution in [0.1, 0.15) is 64.2 Å². The minimum Gasteiger partial charge on any atom is -0.339 e. The molecule has 0 aromatic carbocycles. The minimum absolute atomic E-state index is 0.403. The fourth-order valence-corrected chi connectivity index (χ4v) is 7.09. The second-order valence-corrected chi connectivity index (χ2v) is 9.13. The fourth-order valence-electron chi connectivity index (χ4n) is 6.42. The SMILES string of the molecule is O=C(CC12CC3CC(CC(C3)C1)C2)N1CCCCC1CBr. The lowest BCUT2D eigenvalue weighted by Gasteiger charge is -2.57. The molecule has 3 heteroatoms. The molecule has 118 valence electrons. The number of hydrogen-bond donors (Lipinski definition) is 0. The molecule has 4 aliphatic carbocycles. The second kappa shape index (κ2) is 5.54. The van der Waals surface area contributed by atoms with Crippen molar-refractivity contribution < 1.29 is 4.79 Å². The van der Waals surface area contributed by atoms with Crippen molar-refractivity contribution in [1.29, 1.82) is 0 Å². The third-order valence-electron chi connectivity index (χ3n) is 6.82. The molecule has 5 fully saturated rings. The predicted octanol–water partition coefficient (Wildman–Crippen LogP) is 4.37. The Balaban J connectivity index is 1.46. The maximum Gasteiger partial charge on any atom is 0.223 e. The standard InChI is InChI=1S/C18H28BrNO/c19-12-16-3-1-2-4-20(16)17(21)11-18-8-13-5-14(9-18)7-15(6-13)10-18/h13-16H,1-12H2. The van der Waals surface area contributed by atoms with Gasteiger partial charge in [-0.3, -0.25) is 4.79 Å². The van der Waals surface area contributed by atoms with Gasteiger partial charge in [0.2, 0.25) is 5.91 Å². The van der Waals surface area contributed by atoms with Crippen molar-refractivity contribution in [2.24, 2.45) is 23.2 Å². The summed E-state index contributed by atoms with van der Waals surface area (Å²) in [4.78, 5) is 15.2. The quantitative estimate of drug-likeness (QED) is 0.689. The average molecular weight is 354 g/mol. The van der Waals surface area contributed by atoms with E-state index in [2.05, 4.69) is 20.8 Å². The Morgan fingerprint density at radius 3 is 2.24 bits per heavy atom. The molecule has 1 heterocycles. The number of hydrogen-bond acceptors (Lipinski definition) is 1. The van der Waals surface area contributed by atoms with E-state index < -0.39 is 0 Å². The first-order valence-corrected chi connectivity index (χ1v) is 10.1. The molecule has 0 aromatic rings. The van der Waals surface area contributed by atoms with Gasteiger partial charge in [-0.2, -0.15) is 0 Å². The Morgan fingerprint density at radius 2 is 1.67 bits per heavy atom. The van der Waals surface area contributed by atoms with Crippen LogP contribution >= 0.6 is 15.9 Å². The van der Waals surface area contributed by atoms with E-state index >= 15 is 0 Å². The molecule has 21 heavy (non-hydrogen) atoms. The molecule has 4 bridgehead atoms.